The van der Waals surface area contributed by atoms with Crippen molar-refractivity contribution in [2.75, 3.05) is 18.4 Å². The second-order valence-corrected chi connectivity index (χ2v) is 8.84. The van der Waals surface area contributed by atoms with Crippen molar-refractivity contribution in [1.29, 1.82) is 5.26 Å². The molecule has 2 amide bonds. The first-order valence-corrected chi connectivity index (χ1v) is 10.9. The summed E-state index contributed by atoms with van der Waals surface area (Å²) in [4.78, 5) is 26.5. The molecule has 0 spiro atoms. The quantitative estimate of drug-likeness (QED) is 0.743. The first kappa shape index (κ1) is 19.6. The molecule has 150 valence electrons. The zero-order chi connectivity index (χ0) is 20.4. The first-order valence-electron chi connectivity index (χ1n) is 9.19. The molecule has 1 N–H and O–H groups in total. The summed E-state index contributed by atoms with van der Waals surface area (Å²) in [5, 5.41) is 16.7. The van der Waals surface area contributed by atoms with Crippen LogP contribution in [0, 0.1) is 11.3 Å². The van der Waals surface area contributed by atoms with E-state index in [-0.39, 0.29) is 25.1 Å². The van der Waals surface area contributed by atoms with E-state index >= 15 is 0 Å². The summed E-state index contributed by atoms with van der Waals surface area (Å²) in [7, 11) is 0. The number of halogens is 1. The summed E-state index contributed by atoms with van der Waals surface area (Å²) in [6.45, 7) is 0.174. The van der Waals surface area contributed by atoms with Gasteiger partial charge in [-0.2, -0.15) is 16.6 Å². The van der Waals surface area contributed by atoms with Crippen LogP contribution in [-0.4, -0.2) is 42.3 Å². The van der Waals surface area contributed by atoms with Gasteiger partial charge in [0, 0.05) is 17.4 Å². The zero-order valence-electron chi connectivity index (χ0n) is 15.4. The fourth-order valence-corrected chi connectivity index (χ4v) is 5.24. The van der Waals surface area contributed by atoms with E-state index in [1.807, 2.05) is 16.8 Å². The lowest BCUT2D eigenvalue weighted by Crippen LogP contribution is -2.52. The first-order chi connectivity index (χ1) is 14.0. The van der Waals surface area contributed by atoms with E-state index in [4.69, 9.17) is 4.74 Å². The molecule has 1 aliphatic heterocycles. The van der Waals surface area contributed by atoms with Gasteiger partial charge in [0.1, 0.15) is 23.3 Å². The van der Waals surface area contributed by atoms with Crippen LogP contribution in [0.1, 0.15) is 28.0 Å². The fourth-order valence-electron chi connectivity index (χ4n) is 3.35. The van der Waals surface area contributed by atoms with Crippen molar-refractivity contribution in [1.82, 2.24) is 4.90 Å². The van der Waals surface area contributed by atoms with Crippen LogP contribution in [0.15, 0.2) is 22.9 Å². The predicted molar refractivity (Wildman–Crippen MR) is 110 cm³/mol. The van der Waals surface area contributed by atoms with Crippen molar-refractivity contribution in [3.63, 3.8) is 0 Å². The Bertz CT molecular complexity index is 988. The third-order valence-corrected chi connectivity index (χ3v) is 6.77. The molecule has 0 aromatic carbocycles. The third-order valence-electron chi connectivity index (χ3n) is 4.90. The molecule has 2 aromatic rings. The molecule has 4 rings (SSSR count). The van der Waals surface area contributed by atoms with Crippen LogP contribution in [0.4, 0.5) is 14.2 Å². The lowest BCUT2D eigenvalue weighted by Gasteiger charge is -2.35. The second-order valence-electron chi connectivity index (χ2n) is 6.95. The highest BCUT2D eigenvalue weighted by Crippen LogP contribution is 2.38. The van der Waals surface area contributed by atoms with Crippen LogP contribution in [-0.2, 0) is 22.4 Å². The minimum absolute atomic E-state index is 0.0868. The molecule has 0 bridgehead atoms. The van der Waals surface area contributed by atoms with Gasteiger partial charge in [-0.15, -0.1) is 11.3 Å². The molecule has 1 unspecified atom stereocenters. The number of anilines is 1. The Labute approximate surface area is 175 Å². The van der Waals surface area contributed by atoms with E-state index in [1.165, 1.54) is 22.3 Å². The van der Waals surface area contributed by atoms with Crippen LogP contribution in [0.25, 0.3) is 6.08 Å². The lowest BCUT2D eigenvalue weighted by atomic mass is 9.94. The number of amides is 2. The topological polar surface area (TPSA) is 82.4 Å². The van der Waals surface area contributed by atoms with Crippen molar-refractivity contribution in [3.8, 4) is 6.07 Å². The number of likely N-dealkylation sites (tertiary alicyclic amines) is 1. The monoisotopic (exact) mass is 431 g/mol. The number of fused-ring (bicyclic) bond motifs is 1. The standard InChI is InChI=1S/C20H18FN3O3S2/c21-13-9-24(10-13)20(26)27-14-2-3-15-16(8-22)19(29-17(15)7-14)23-18(25)4-1-12-5-6-28-11-12/h1,4-6,11,13-14H,2-3,7,9-10H2,(H,23,25). The molecule has 0 radical (unpaired) electrons. The minimum atomic E-state index is -0.962. The van der Waals surface area contributed by atoms with Gasteiger partial charge in [0.05, 0.1) is 18.7 Å². The number of nitrogens with one attached hydrogen (secondary N) is 1. The number of ether oxygens (including phenoxy) is 1. The molecule has 29 heavy (non-hydrogen) atoms. The smallest absolute Gasteiger partial charge is 0.410 e. The van der Waals surface area contributed by atoms with Crippen LogP contribution < -0.4 is 5.32 Å². The number of nitrogens with zero attached hydrogens (tertiary/aromatic N) is 2. The molecule has 1 aliphatic carbocycles. The number of hydrogen-bond acceptors (Lipinski definition) is 6. The largest absolute Gasteiger partial charge is 0.446 e. The van der Waals surface area contributed by atoms with Gasteiger partial charge in [0.2, 0.25) is 5.91 Å². The van der Waals surface area contributed by atoms with Gasteiger partial charge < -0.3 is 15.0 Å². The molecular formula is C20H18FN3O3S2. The van der Waals surface area contributed by atoms with E-state index in [1.54, 1.807) is 17.4 Å². The Morgan fingerprint density at radius 2 is 2.24 bits per heavy atom. The highest BCUT2D eigenvalue weighted by atomic mass is 32.1. The van der Waals surface area contributed by atoms with E-state index in [0.29, 0.717) is 29.8 Å². The Morgan fingerprint density at radius 3 is 2.93 bits per heavy atom. The maximum absolute atomic E-state index is 12.9. The molecule has 6 nitrogen and oxygen atoms in total. The highest BCUT2D eigenvalue weighted by Gasteiger charge is 2.34. The van der Waals surface area contributed by atoms with Gasteiger partial charge in [0.25, 0.3) is 0 Å². The van der Waals surface area contributed by atoms with Crippen LogP contribution in [0.3, 0.4) is 0 Å². The fraction of sp³-hybridized carbons (Fsp3) is 0.350. The zero-order valence-corrected chi connectivity index (χ0v) is 17.0. The number of hydrogen-bond donors (Lipinski definition) is 1. The van der Waals surface area contributed by atoms with Crippen molar-refractivity contribution >= 4 is 45.8 Å². The van der Waals surface area contributed by atoms with E-state index < -0.39 is 12.3 Å². The van der Waals surface area contributed by atoms with Crippen molar-refractivity contribution in [3.05, 3.63) is 44.5 Å². The summed E-state index contributed by atoms with van der Waals surface area (Å²) in [6, 6.07) is 4.10. The highest BCUT2D eigenvalue weighted by molar-refractivity contribution is 7.16. The summed E-state index contributed by atoms with van der Waals surface area (Å²) in [6.07, 6.45) is 3.10. The molecule has 1 saturated heterocycles. The maximum Gasteiger partial charge on any atom is 0.410 e. The Morgan fingerprint density at radius 1 is 1.41 bits per heavy atom. The molecule has 2 aliphatic rings. The Kier molecular flexibility index (Phi) is 5.65. The number of nitriles is 1. The average molecular weight is 432 g/mol. The molecule has 2 aromatic heterocycles. The van der Waals surface area contributed by atoms with Gasteiger partial charge in [-0.05, 0) is 46.9 Å². The average Bonchev–Trinajstić information content (AvgIpc) is 3.30. The second kappa shape index (κ2) is 8.35. The van der Waals surface area contributed by atoms with Crippen LogP contribution in [0.2, 0.25) is 0 Å². The van der Waals surface area contributed by atoms with Crippen LogP contribution in [0.5, 0.6) is 0 Å². The maximum atomic E-state index is 12.9. The molecular weight excluding hydrogens is 413 g/mol. The normalized spacial score (nSPS) is 18.8. The Hall–Kier alpha value is -2.70. The van der Waals surface area contributed by atoms with E-state index in [9.17, 15) is 19.2 Å². The number of thiophene rings is 2. The summed E-state index contributed by atoms with van der Waals surface area (Å²) in [5.41, 5.74) is 2.34. The van der Waals surface area contributed by atoms with Crippen molar-refractivity contribution in [2.45, 2.75) is 31.5 Å². The van der Waals surface area contributed by atoms with Gasteiger partial charge in [-0.1, -0.05) is 0 Å². The van der Waals surface area contributed by atoms with Gasteiger partial charge in [-0.3, -0.25) is 4.79 Å². The van der Waals surface area contributed by atoms with Gasteiger partial charge in [0.15, 0.2) is 0 Å². The number of alkyl halides is 1. The van der Waals surface area contributed by atoms with Crippen molar-refractivity contribution in [2.24, 2.45) is 0 Å². The summed E-state index contributed by atoms with van der Waals surface area (Å²) in [5.74, 6) is -0.298. The van der Waals surface area contributed by atoms with Crippen LogP contribution >= 0.6 is 22.7 Å². The molecule has 0 saturated carbocycles. The molecule has 1 atom stereocenters. The minimum Gasteiger partial charge on any atom is -0.446 e. The van der Waals surface area contributed by atoms with Gasteiger partial charge in [-0.25, -0.2) is 9.18 Å². The molecule has 9 heteroatoms. The number of carbonyl (C=O) groups excluding carboxylic acids is 2. The summed E-state index contributed by atoms with van der Waals surface area (Å²) >= 11 is 2.90. The molecule has 3 heterocycles. The third kappa shape index (κ3) is 4.33. The lowest BCUT2D eigenvalue weighted by molar-refractivity contribution is -0.111. The van der Waals surface area contributed by atoms with E-state index in [2.05, 4.69) is 11.4 Å². The van der Waals surface area contributed by atoms with Crippen molar-refractivity contribution < 1.29 is 18.7 Å². The predicted octanol–water partition coefficient (Wildman–Crippen LogP) is 3.98. The SMILES string of the molecule is N#Cc1c(NC(=O)C=Cc2ccsc2)sc2c1CCC(OC(=O)N1CC(F)C1)C2. The van der Waals surface area contributed by atoms with E-state index in [0.717, 1.165) is 16.0 Å². The van der Waals surface area contributed by atoms with Gasteiger partial charge >= 0.3 is 6.09 Å². The number of carbonyl (C=O) groups is 2. The molecule has 1 fully saturated rings. The number of rotatable bonds is 4. The summed E-state index contributed by atoms with van der Waals surface area (Å²) < 4.78 is 18.4. The Balaban J connectivity index is 1.41.